The van der Waals surface area contributed by atoms with Crippen LogP contribution >= 0.6 is 0 Å². The van der Waals surface area contributed by atoms with Crippen LogP contribution in [0.4, 0.5) is 0 Å². The van der Waals surface area contributed by atoms with Gasteiger partial charge in [0, 0.05) is 5.56 Å². The molecule has 0 aromatic heterocycles. The highest BCUT2D eigenvalue weighted by Crippen LogP contribution is 2.13. The lowest BCUT2D eigenvalue weighted by Gasteiger charge is -2.16. The second kappa shape index (κ2) is 10.4. The molecule has 2 N–H and O–H groups in total. The standard InChI is InChI=1S/C18H25NO4/c1-3-4-5-6-7-8-12-16(18(22)23-2)19-17(21)14-10-9-11-15(20)13-14/h3,9-11,13,16,20H,1,4-8,12H2,2H3,(H,19,21)/t16-/m1/s1. The predicted molar refractivity (Wildman–Crippen MR) is 89.3 cm³/mol. The Balaban J connectivity index is 2.52. The highest BCUT2D eigenvalue weighted by Gasteiger charge is 2.21. The van der Waals surface area contributed by atoms with Crippen molar-refractivity contribution in [1.82, 2.24) is 5.32 Å². The average Bonchev–Trinajstić information content (AvgIpc) is 2.56. The first-order chi connectivity index (χ1) is 11.1. The molecule has 0 fully saturated rings. The van der Waals surface area contributed by atoms with Crippen LogP contribution in [-0.2, 0) is 9.53 Å². The summed E-state index contributed by atoms with van der Waals surface area (Å²) < 4.78 is 4.75. The zero-order chi connectivity index (χ0) is 17.1. The minimum absolute atomic E-state index is 0.00878. The number of hydrogen-bond acceptors (Lipinski definition) is 4. The maximum atomic E-state index is 12.2. The number of methoxy groups -OCH3 is 1. The molecule has 0 heterocycles. The number of phenolic OH excluding ortho intramolecular Hbond substituents is 1. The molecule has 1 amide bonds. The summed E-state index contributed by atoms with van der Waals surface area (Å²) >= 11 is 0. The van der Waals surface area contributed by atoms with Crippen molar-refractivity contribution in [2.24, 2.45) is 0 Å². The fourth-order valence-corrected chi connectivity index (χ4v) is 2.27. The van der Waals surface area contributed by atoms with Gasteiger partial charge in [0.15, 0.2) is 0 Å². The van der Waals surface area contributed by atoms with Gasteiger partial charge in [-0.25, -0.2) is 4.79 Å². The third-order valence-electron chi connectivity index (χ3n) is 3.55. The molecule has 23 heavy (non-hydrogen) atoms. The molecule has 0 saturated heterocycles. The van der Waals surface area contributed by atoms with E-state index in [1.165, 1.54) is 19.2 Å². The second-order valence-corrected chi connectivity index (χ2v) is 5.38. The Bertz CT molecular complexity index is 528. The van der Waals surface area contributed by atoms with Crippen molar-refractivity contribution < 1.29 is 19.4 Å². The van der Waals surface area contributed by atoms with Gasteiger partial charge < -0.3 is 15.2 Å². The Labute approximate surface area is 137 Å². The lowest BCUT2D eigenvalue weighted by atomic mass is 10.1. The van der Waals surface area contributed by atoms with Gasteiger partial charge in [-0.1, -0.05) is 31.4 Å². The Morgan fingerprint density at radius 2 is 2.04 bits per heavy atom. The zero-order valence-electron chi connectivity index (χ0n) is 13.6. The molecule has 5 heteroatoms. The van der Waals surface area contributed by atoms with Crippen molar-refractivity contribution in [2.45, 2.75) is 44.6 Å². The van der Waals surface area contributed by atoms with Gasteiger partial charge in [-0.15, -0.1) is 6.58 Å². The van der Waals surface area contributed by atoms with E-state index < -0.39 is 17.9 Å². The van der Waals surface area contributed by atoms with Gasteiger partial charge in [0.1, 0.15) is 11.8 Å². The normalized spacial score (nSPS) is 11.5. The molecule has 1 aromatic rings. The van der Waals surface area contributed by atoms with Gasteiger partial charge in [0.25, 0.3) is 5.91 Å². The Hall–Kier alpha value is -2.30. The third kappa shape index (κ3) is 7.00. The van der Waals surface area contributed by atoms with E-state index in [2.05, 4.69) is 11.9 Å². The molecular formula is C18H25NO4. The summed E-state index contributed by atoms with van der Waals surface area (Å²) in [6, 6.07) is 5.33. The van der Waals surface area contributed by atoms with Crippen LogP contribution in [0.25, 0.3) is 0 Å². The quantitative estimate of drug-likeness (QED) is 0.394. The van der Waals surface area contributed by atoms with E-state index in [9.17, 15) is 14.7 Å². The molecule has 1 aromatic carbocycles. The number of hydrogen-bond donors (Lipinski definition) is 2. The summed E-state index contributed by atoms with van der Waals surface area (Å²) in [7, 11) is 1.31. The fraction of sp³-hybridized carbons (Fsp3) is 0.444. The summed E-state index contributed by atoms with van der Waals surface area (Å²) in [5.41, 5.74) is 0.310. The number of benzene rings is 1. The molecule has 1 rings (SSSR count). The molecule has 0 spiro atoms. The van der Waals surface area contributed by atoms with Crippen LogP contribution in [0.15, 0.2) is 36.9 Å². The summed E-state index contributed by atoms with van der Waals surface area (Å²) in [6.07, 6.45) is 7.40. The van der Waals surface area contributed by atoms with E-state index >= 15 is 0 Å². The van der Waals surface area contributed by atoms with Gasteiger partial charge in [-0.05, 0) is 37.5 Å². The summed E-state index contributed by atoms with van der Waals surface area (Å²) in [4.78, 5) is 24.0. The maximum absolute atomic E-state index is 12.2. The van der Waals surface area contributed by atoms with Gasteiger partial charge in [-0.2, -0.15) is 0 Å². The van der Waals surface area contributed by atoms with Gasteiger partial charge in [0.2, 0.25) is 0 Å². The van der Waals surface area contributed by atoms with Gasteiger partial charge in [0.05, 0.1) is 7.11 Å². The molecule has 0 unspecified atom stereocenters. The average molecular weight is 319 g/mol. The first-order valence-corrected chi connectivity index (χ1v) is 7.87. The number of rotatable bonds is 10. The molecule has 0 aliphatic heterocycles. The second-order valence-electron chi connectivity index (χ2n) is 5.38. The van der Waals surface area contributed by atoms with Crippen molar-refractivity contribution in [3.8, 4) is 5.75 Å². The van der Waals surface area contributed by atoms with Crippen molar-refractivity contribution >= 4 is 11.9 Å². The monoisotopic (exact) mass is 319 g/mol. The Morgan fingerprint density at radius 1 is 1.30 bits per heavy atom. The number of aromatic hydroxyl groups is 1. The predicted octanol–water partition coefficient (Wildman–Crippen LogP) is 3.19. The Morgan fingerprint density at radius 3 is 2.70 bits per heavy atom. The number of esters is 1. The molecule has 126 valence electrons. The van der Waals surface area contributed by atoms with Crippen LogP contribution in [-0.4, -0.2) is 30.1 Å². The lowest BCUT2D eigenvalue weighted by molar-refractivity contribution is -0.143. The van der Waals surface area contributed by atoms with Crippen LogP contribution in [0.2, 0.25) is 0 Å². The van der Waals surface area contributed by atoms with Crippen molar-refractivity contribution in [1.29, 1.82) is 0 Å². The first kappa shape index (κ1) is 18.7. The number of amides is 1. The van der Waals surface area contributed by atoms with E-state index in [-0.39, 0.29) is 5.75 Å². The van der Waals surface area contributed by atoms with Crippen molar-refractivity contribution in [3.05, 3.63) is 42.5 Å². The molecule has 0 aliphatic rings. The topological polar surface area (TPSA) is 75.6 Å². The van der Waals surface area contributed by atoms with E-state index in [1.54, 1.807) is 12.1 Å². The number of phenols is 1. The van der Waals surface area contributed by atoms with E-state index in [0.29, 0.717) is 12.0 Å². The summed E-state index contributed by atoms with van der Waals surface area (Å²) in [5, 5.41) is 12.1. The van der Waals surface area contributed by atoms with Crippen LogP contribution in [0, 0.1) is 0 Å². The minimum Gasteiger partial charge on any atom is -0.508 e. The van der Waals surface area contributed by atoms with Crippen LogP contribution in [0.1, 0.15) is 48.9 Å². The smallest absolute Gasteiger partial charge is 0.328 e. The molecule has 0 saturated carbocycles. The molecule has 1 atom stereocenters. The number of carbonyl (C=O) groups excluding carboxylic acids is 2. The van der Waals surface area contributed by atoms with E-state index in [0.717, 1.165) is 32.1 Å². The highest BCUT2D eigenvalue weighted by atomic mass is 16.5. The maximum Gasteiger partial charge on any atom is 0.328 e. The fourth-order valence-electron chi connectivity index (χ4n) is 2.27. The highest BCUT2D eigenvalue weighted by molar-refractivity contribution is 5.97. The first-order valence-electron chi connectivity index (χ1n) is 7.87. The van der Waals surface area contributed by atoms with E-state index in [4.69, 9.17) is 4.74 Å². The molecule has 0 aliphatic carbocycles. The summed E-state index contributed by atoms with van der Waals surface area (Å²) in [5.74, 6) is -0.845. The SMILES string of the molecule is C=CCCCCCC[C@@H](NC(=O)c1cccc(O)c1)C(=O)OC. The zero-order valence-corrected chi connectivity index (χ0v) is 13.6. The van der Waals surface area contributed by atoms with Gasteiger partial charge in [-0.3, -0.25) is 4.79 Å². The van der Waals surface area contributed by atoms with Crippen LogP contribution in [0.3, 0.4) is 0 Å². The number of ether oxygens (including phenoxy) is 1. The van der Waals surface area contributed by atoms with Crippen molar-refractivity contribution in [3.63, 3.8) is 0 Å². The molecular weight excluding hydrogens is 294 g/mol. The Kier molecular flexibility index (Phi) is 8.50. The van der Waals surface area contributed by atoms with Crippen LogP contribution < -0.4 is 5.32 Å². The van der Waals surface area contributed by atoms with Crippen LogP contribution in [0.5, 0.6) is 5.75 Å². The molecule has 0 radical (unpaired) electrons. The van der Waals surface area contributed by atoms with Crippen molar-refractivity contribution in [2.75, 3.05) is 7.11 Å². The lowest BCUT2D eigenvalue weighted by Crippen LogP contribution is -2.41. The third-order valence-corrected chi connectivity index (χ3v) is 3.55. The van der Waals surface area contributed by atoms with E-state index in [1.807, 2.05) is 6.08 Å². The number of allylic oxidation sites excluding steroid dienone is 1. The number of carbonyl (C=O) groups is 2. The largest absolute Gasteiger partial charge is 0.508 e. The molecule has 0 bridgehead atoms. The number of nitrogens with one attached hydrogen (secondary N) is 1. The number of unbranched alkanes of at least 4 members (excludes halogenated alkanes) is 4. The summed E-state index contributed by atoms with van der Waals surface area (Å²) in [6.45, 7) is 3.68. The molecule has 5 nitrogen and oxygen atoms in total. The van der Waals surface area contributed by atoms with Gasteiger partial charge >= 0.3 is 5.97 Å². The minimum atomic E-state index is -0.672.